The van der Waals surface area contributed by atoms with Crippen molar-refractivity contribution in [2.24, 2.45) is 5.92 Å². The van der Waals surface area contributed by atoms with Gasteiger partial charge in [0.05, 0.1) is 12.2 Å². The van der Waals surface area contributed by atoms with Crippen LogP contribution < -0.4 is 0 Å². The Labute approximate surface area is 130 Å². The molecule has 6 heteroatoms. The molecule has 1 fully saturated rings. The van der Waals surface area contributed by atoms with Crippen molar-refractivity contribution in [1.29, 1.82) is 0 Å². The van der Waals surface area contributed by atoms with Crippen LogP contribution in [0.4, 0.5) is 0 Å². The van der Waals surface area contributed by atoms with E-state index < -0.39 is 0 Å². The van der Waals surface area contributed by atoms with Crippen molar-refractivity contribution in [2.75, 3.05) is 19.7 Å². The second-order valence-corrected chi connectivity index (χ2v) is 6.17. The van der Waals surface area contributed by atoms with E-state index in [0.717, 1.165) is 44.0 Å². The van der Waals surface area contributed by atoms with E-state index in [2.05, 4.69) is 52.5 Å². The van der Waals surface area contributed by atoms with Gasteiger partial charge < -0.3 is 5.11 Å². The molecule has 1 aliphatic rings. The van der Waals surface area contributed by atoms with Gasteiger partial charge in [-0.1, -0.05) is 18.2 Å². The van der Waals surface area contributed by atoms with Gasteiger partial charge >= 0.3 is 0 Å². The predicted octanol–water partition coefficient (Wildman–Crippen LogP) is 1.48. The van der Waals surface area contributed by atoms with Gasteiger partial charge in [0.2, 0.25) is 0 Å². The molecular formula is C16H23N5O. The van der Waals surface area contributed by atoms with Gasteiger partial charge in [0.15, 0.2) is 5.82 Å². The highest BCUT2D eigenvalue weighted by Gasteiger charge is 2.22. The van der Waals surface area contributed by atoms with Crippen LogP contribution in [0, 0.1) is 19.8 Å². The Morgan fingerprint density at radius 3 is 2.77 bits per heavy atom. The van der Waals surface area contributed by atoms with Crippen molar-refractivity contribution in [2.45, 2.75) is 33.2 Å². The highest BCUT2D eigenvalue weighted by atomic mass is 16.3. The summed E-state index contributed by atoms with van der Waals surface area (Å²) < 4.78 is 1.85. The highest BCUT2D eigenvalue weighted by Crippen LogP contribution is 2.21. The first-order valence-electron chi connectivity index (χ1n) is 7.86. The molecule has 1 atom stereocenters. The number of likely N-dealkylation sites (tertiary alicyclic amines) is 1. The van der Waals surface area contributed by atoms with Crippen molar-refractivity contribution in [3.8, 4) is 5.69 Å². The highest BCUT2D eigenvalue weighted by molar-refractivity contribution is 5.46. The summed E-state index contributed by atoms with van der Waals surface area (Å²) in [4.78, 5) is 2.33. The van der Waals surface area contributed by atoms with Crippen molar-refractivity contribution < 1.29 is 5.11 Å². The number of piperidine rings is 1. The maximum absolute atomic E-state index is 9.37. The Morgan fingerprint density at radius 2 is 2.05 bits per heavy atom. The average molecular weight is 301 g/mol. The van der Waals surface area contributed by atoms with Crippen LogP contribution in [0.25, 0.3) is 5.69 Å². The van der Waals surface area contributed by atoms with Crippen LogP contribution in [0.3, 0.4) is 0 Å². The van der Waals surface area contributed by atoms with E-state index in [1.165, 1.54) is 11.1 Å². The van der Waals surface area contributed by atoms with Gasteiger partial charge in [-0.25, -0.2) is 0 Å². The lowest BCUT2D eigenvalue weighted by Crippen LogP contribution is -2.37. The summed E-state index contributed by atoms with van der Waals surface area (Å²) in [6, 6.07) is 6.21. The molecule has 0 saturated carbocycles. The summed E-state index contributed by atoms with van der Waals surface area (Å²) >= 11 is 0. The van der Waals surface area contributed by atoms with Crippen LogP contribution in [0.1, 0.15) is 29.8 Å². The van der Waals surface area contributed by atoms with Crippen LogP contribution in [0.2, 0.25) is 0 Å². The number of benzene rings is 1. The maximum atomic E-state index is 9.37. The minimum absolute atomic E-state index is 0.262. The van der Waals surface area contributed by atoms with E-state index in [4.69, 9.17) is 0 Å². The number of aryl methyl sites for hydroxylation is 2. The second kappa shape index (κ2) is 6.54. The van der Waals surface area contributed by atoms with Crippen LogP contribution in [-0.4, -0.2) is 49.9 Å². The number of rotatable bonds is 4. The molecule has 0 spiro atoms. The quantitative estimate of drug-likeness (QED) is 0.926. The molecule has 3 rings (SSSR count). The van der Waals surface area contributed by atoms with Crippen molar-refractivity contribution in [3.63, 3.8) is 0 Å². The zero-order valence-corrected chi connectivity index (χ0v) is 13.2. The van der Waals surface area contributed by atoms with Gasteiger partial charge in [0, 0.05) is 13.2 Å². The third-order valence-corrected chi connectivity index (χ3v) is 4.41. The zero-order chi connectivity index (χ0) is 15.5. The molecular weight excluding hydrogens is 278 g/mol. The Kier molecular flexibility index (Phi) is 4.49. The number of aliphatic hydroxyl groups is 1. The van der Waals surface area contributed by atoms with Gasteiger partial charge in [-0.2, -0.15) is 4.68 Å². The maximum Gasteiger partial charge on any atom is 0.170 e. The van der Waals surface area contributed by atoms with Crippen LogP contribution in [-0.2, 0) is 6.54 Å². The van der Waals surface area contributed by atoms with Gasteiger partial charge in [0.1, 0.15) is 0 Å². The predicted molar refractivity (Wildman–Crippen MR) is 83.7 cm³/mol. The molecule has 0 radical (unpaired) electrons. The molecule has 1 aliphatic heterocycles. The summed E-state index contributed by atoms with van der Waals surface area (Å²) in [5, 5.41) is 21.7. The first-order valence-corrected chi connectivity index (χ1v) is 7.86. The summed E-state index contributed by atoms with van der Waals surface area (Å²) in [7, 11) is 0. The standard InChI is InChI=1S/C16H23N5O/c1-12-5-3-6-13(2)16(12)21-15(17-18-19-21)10-20-8-4-7-14(9-20)11-22/h3,5-6,14,22H,4,7-11H2,1-2H3. The first kappa shape index (κ1) is 15.1. The lowest BCUT2D eigenvalue weighted by molar-refractivity contribution is 0.113. The topological polar surface area (TPSA) is 67.1 Å². The molecule has 0 aliphatic carbocycles. The van der Waals surface area contributed by atoms with E-state index in [9.17, 15) is 5.11 Å². The average Bonchev–Trinajstić information content (AvgIpc) is 2.95. The second-order valence-electron chi connectivity index (χ2n) is 6.17. The van der Waals surface area contributed by atoms with Crippen LogP contribution in [0.15, 0.2) is 18.2 Å². The number of para-hydroxylation sites is 1. The normalized spacial score (nSPS) is 19.5. The Bertz CT molecular complexity index is 619. The van der Waals surface area contributed by atoms with E-state index in [1.54, 1.807) is 0 Å². The summed E-state index contributed by atoms with van der Waals surface area (Å²) in [5.74, 6) is 1.23. The third kappa shape index (κ3) is 3.03. The number of hydrogen-bond donors (Lipinski definition) is 1. The third-order valence-electron chi connectivity index (χ3n) is 4.41. The molecule has 1 unspecified atom stereocenters. The summed E-state index contributed by atoms with van der Waals surface area (Å²) in [6.07, 6.45) is 2.23. The van der Waals surface area contributed by atoms with Crippen molar-refractivity contribution in [1.82, 2.24) is 25.1 Å². The molecule has 1 saturated heterocycles. The van der Waals surface area contributed by atoms with E-state index >= 15 is 0 Å². The summed E-state index contributed by atoms with van der Waals surface area (Å²) in [5.41, 5.74) is 3.40. The fourth-order valence-electron chi connectivity index (χ4n) is 3.26. The Morgan fingerprint density at radius 1 is 1.27 bits per heavy atom. The molecule has 118 valence electrons. The lowest BCUT2D eigenvalue weighted by atomic mass is 9.99. The number of hydrogen-bond acceptors (Lipinski definition) is 5. The van der Waals surface area contributed by atoms with E-state index in [0.29, 0.717) is 5.92 Å². The van der Waals surface area contributed by atoms with Gasteiger partial charge in [0.25, 0.3) is 0 Å². The molecule has 22 heavy (non-hydrogen) atoms. The number of nitrogens with zero attached hydrogens (tertiary/aromatic N) is 5. The van der Waals surface area contributed by atoms with Gasteiger partial charge in [-0.3, -0.25) is 4.90 Å². The smallest absolute Gasteiger partial charge is 0.170 e. The Hall–Kier alpha value is -1.79. The summed E-state index contributed by atoms with van der Waals surface area (Å²) in [6.45, 7) is 7.09. The van der Waals surface area contributed by atoms with Gasteiger partial charge in [-0.15, -0.1) is 5.10 Å². The van der Waals surface area contributed by atoms with Crippen LogP contribution in [0.5, 0.6) is 0 Å². The lowest BCUT2D eigenvalue weighted by Gasteiger charge is -2.31. The SMILES string of the molecule is Cc1cccc(C)c1-n1nnnc1CN1CCCC(CO)C1. The molecule has 0 amide bonds. The van der Waals surface area contributed by atoms with Gasteiger partial charge in [-0.05, 0) is 60.7 Å². The Balaban J connectivity index is 1.84. The zero-order valence-electron chi connectivity index (χ0n) is 13.2. The fraction of sp³-hybridized carbons (Fsp3) is 0.562. The van der Waals surface area contributed by atoms with E-state index in [-0.39, 0.29) is 6.61 Å². The molecule has 1 N–H and O–H groups in total. The fourth-order valence-corrected chi connectivity index (χ4v) is 3.26. The molecule has 1 aromatic carbocycles. The van der Waals surface area contributed by atoms with Crippen molar-refractivity contribution >= 4 is 0 Å². The number of aliphatic hydroxyl groups excluding tert-OH is 1. The molecule has 0 bridgehead atoms. The minimum atomic E-state index is 0.262. The van der Waals surface area contributed by atoms with E-state index in [1.807, 2.05) is 4.68 Å². The molecule has 6 nitrogen and oxygen atoms in total. The largest absolute Gasteiger partial charge is 0.396 e. The monoisotopic (exact) mass is 301 g/mol. The first-order chi connectivity index (χ1) is 10.7. The van der Waals surface area contributed by atoms with Crippen LogP contribution >= 0.6 is 0 Å². The molecule has 2 heterocycles. The number of tetrazole rings is 1. The minimum Gasteiger partial charge on any atom is -0.396 e. The molecule has 2 aromatic rings. The number of aromatic nitrogens is 4. The molecule has 1 aromatic heterocycles. The van der Waals surface area contributed by atoms with Crippen molar-refractivity contribution in [3.05, 3.63) is 35.2 Å².